The minimum Gasteiger partial charge on any atom is -0.478 e. The van der Waals surface area contributed by atoms with Gasteiger partial charge in [0.2, 0.25) is 5.78 Å². The van der Waals surface area contributed by atoms with E-state index in [0.717, 1.165) is 17.9 Å². The fourth-order valence-electron chi connectivity index (χ4n) is 4.07. The first-order chi connectivity index (χ1) is 12.8. The number of carbonyl (C=O) groups excluding carboxylic acids is 1. The van der Waals surface area contributed by atoms with Crippen LogP contribution >= 0.6 is 0 Å². The Morgan fingerprint density at radius 2 is 2.04 bits per heavy atom. The lowest BCUT2D eigenvalue weighted by Gasteiger charge is -2.33. The molecular weight excluding hydrogens is 328 g/mol. The summed E-state index contributed by atoms with van der Waals surface area (Å²) in [6.07, 6.45) is 8.41. The van der Waals surface area contributed by atoms with Gasteiger partial charge in [-0.3, -0.25) is 14.7 Å². The van der Waals surface area contributed by atoms with Gasteiger partial charge in [0, 0.05) is 24.9 Å². The van der Waals surface area contributed by atoms with Gasteiger partial charge in [-0.15, -0.1) is 0 Å². The van der Waals surface area contributed by atoms with Gasteiger partial charge < -0.3 is 9.47 Å². The number of ketones is 1. The summed E-state index contributed by atoms with van der Waals surface area (Å²) in [6.45, 7) is 1.38. The number of fused-ring (bicyclic) bond motifs is 3. The first-order valence-corrected chi connectivity index (χ1v) is 9.17. The molecule has 0 spiro atoms. The van der Waals surface area contributed by atoms with Crippen molar-refractivity contribution in [3.63, 3.8) is 0 Å². The number of allylic oxidation sites excluding steroid dienone is 1. The van der Waals surface area contributed by atoms with Crippen molar-refractivity contribution in [1.29, 1.82) is 0 Å². The monoisotopic (exact) mass is 348 g/mol. The molecule has 26 heavy (non-hydrogen) atoms. The zero-order valence-electron chi connectivity index (χ0n) is 14.5. The highest BCUT2D eigenvalue weighted by Gasteiger charge is 2.35. The molecular formula is C21H20N2O3. The molecule has 3 aliphatic rings. The van der Waals surface area contributed by atoms with Crippen LogP contribution in [0.2, 0.25) is 0 Å². The minimum absolute atomic E-state index is 0.0913. The van der Waals surface area contributed by atoms with E-state index in [2.05, 4.69) is 9.88 Å². The van der Waals surface area contributed by atoms with Gasteiger partial charge >= 0.3 is 0 Å². The smallest absolute Gasteiger partial charge is 0.232 e. The molecule has 1 aromatic heterocycles. The Hall–Kier alpha value is -2.66. The van der Waals surface area contributed by atoms with Crippen LogP contribution in [0.25, 0.3) is 6.08 Å². The van der Waals surface area contributed by atoms with Crippen LogP contribution in [0, 0.1) is 0 Å². The number of nitrogens with zero attached hydrogens (tertiary/aromatic N) is 2. The molecule has 2 aliphatic heterocycles. The molecule has 132 valence electrons. The van der Waals surface area contributed by atoms with Crippen molar-refractivity contribution in [2.24, 2.45) is 0 Å². The number of hydrogen-bond donors (Lipinski definition) is 0. The van der Waals surface area contributed by atoms with Crippen LogP contribution in [0.3, 0.4) is 0 Å². The zero-order valence-corrected chi connectivity index (χ0v) is 14.5. The predicted molar refractivity (Wildman–Crippen MR) is 96.9 cm³/mol. The summed E-state index contributed by atoms with van der Waals surface area (Å²) in [5.41, 5.74) is 2.31. The summed E-state index contributed by atoms with van der Waals surface area (Å²) >= 11 is 0. The molecule has 0 saturated heterocycles. The van der Waals surface area contributed by atoms with E-state index in [1.165, 1.54) is 25.7 Å². The number of ether oxygens (including phenoxy) is 2. The van der Waals surface area contributed by atoms with E-state index in [4.69, 9.17) is 9.47 Å². The molecule has 5 heteroatoms. The molecule has 0 bridgehead atoms. The predicted octanol–water partition coefficient (Wildman–Crippen LogP) is 3.79. The Labute approximate surface area is 152 Å². The second-order valence-corrected chi connectivity index (χ2v) is 7.07. The lowest BCUT2D eigenvalue weighted by molar-refractivity contribution is 0.0567. The third-order valence-corrected chi connectivity index (χ3v) is 5.45. The largest absolute Gasteiger partial charge is 0.478 e. The molecule has 1 aliphatic carbocycles. The maximum absolute atomic E-state index is 12.7. The summed E-state index contributed by atoms with van der Waals surface area (Å²) in [4.78, 5) is 19.4. The topological polar surface area (TPSA) is 51.7 Å². The van der Waals surface area contributed by atoms with Crippen molar-refractivity contribution in [3.05, 3.63) is 59.1 Å². The van der Waals surface area contributed by atoms with E-state index in [1.54, 1.807) is 18.3 Å². The van der Waals surface area contributed by atoms with Crippen molar-refractivity contribution in [1.82, 2.24) is 9.88 Å². The summed E-state index contributed by atoms with van der Waals surface area (Å²) in [5, 5.41) is 0. The second-order valence-electron chi connectivity index (χ2n) is 7.07. The molecule has 0 radical (unpaired) electrons. The number of benzene rings is 1. The van der Waals surface area contributed by atoms with E-state index < -0.39 is 0 Å². The average molecular weight is 348 g/mol. The maximum atomic E-state index is 12.7. The molecule has 1 saturated carbocycles. The van der Waals surface area contributed by atoms with Gasteiger partial charge in [0.15, 0.2) is 5.76 Å². The Morgan fingerprint density at radius 1 is 1.15 bits per heavy atom. The fourth-order valence-corrected chi connectivity index (χ4v) is 4.07. The number of hydrogen-bond acceptors (Lipinski definition) is 5. The fraction of sp³-hybridized carbons (Fsp3) is 0.333. The molecule has 0 unspecified atom stereocenters. The number of pyridine rings is 1. The zero-order chi connectivity index (χ0) is 17.5. The Kier molecular flexibility index (Phi) is 3.75. The van der Waals surface area contributed by atoms with Crippen molar-refractivity contribution in [2.45, 2.75) is 38.3 Å². The quantitative estimate of drug-likeness (QED) is 0.773. The molecule has 2 aromatic rings. The molecule has 1 fully saturated rings. The van der Waals surface area contributed by atoms with E-state index in [-0.39, 0.29) is 5.78 Å². The Morgan fingerprint density at radius 3 is 2.85 bits per heavy atom. The van der Waals surface area contributed by atoms with Gasteiger partial charge in [-0.1, -0.05) is 18.9 Å². The number of Topliss-reactive ketones (excluding diaryl/α,β-unsaturated/α-hetero) is 1. The van der Waals surface area contributed by atoms with Crippen LogP contribution in [0.1, 0.15) is 47.3 Å². The minimum atomic E-state index is -0.0913. The highest BCUT2D eigenvalue weighted by atomic mass is 16.5. The van der Waals surface area contributed by atoms with Crippen LogP contribution < -0.4 is 9.47 Å². The van der Waals surface area contributed by atoms with E-state index in [9.17, 15) is 4.79 Å². The highest BCUT2D eigenvalue weighted by Crippen LogP contribution is 2.43. The van der Waals surface area contributed by atoms with Crippen LogP contribution in [0.5, 0.6) is 11.5 Å². The summed E-state index contributed by atoms with van der Waals surface area (Å²) < 4.78 is 12.0. The Bertz CT molecular complexity index is 886. The highest BCUT2D eigenvalue weighted by molar-refractivity contribution is 6.14. The van der Waals surface area contributed by atoms with Crippen LogP contribution in [-0.2, 0) is 6.54 Å². The molecule has 0 atom stereocenters. The number of carbonyl (C=O) groups is 1. The number of rotatable bonds is 2. The maximum Gasteiger partial charge on any atom is 0.232 e. The van der Waals surface area contributed by atoms with E-state index in [1.807, 2.05) is 24.3 Å². The van der Waals surface area contributed by atoms with Crippen LogP contribution in [0.15, 0.2) is 42.3 Å². The Balaban J connectivity index is 1.48. The lowest BCUT2D eigenvalue weighted by atomic mass is 10.0. The first kappa shape index (κ1) is 15.6. The van der Waals surface area contributed by atoms with Gasteiger partial charge in [0.25, 0.3) is 0 Å². The molecule has 5 nitrogen and oxygen atoms in total. The van der Waals surface area contributed by atoms with Gasteiger partial charge in [-0.25, -0.2) is 0 Å². The lowest BCUT2D eigenvalue weighted by Crippen LogP contribution is -2.39. The molecule has 0 amide bonds. The van der Waals surface area contributed by atoms with Crippen molar-refractivity contribution in [3.8, 4) is 11.5 Å². The summed E-state index contributed by atoms with van der Waals surface area (Å²) in [6, 6.07) is 9.86. The summed E-state index contributed by atoms with van der Waals surface area (Å²) in [5.74, 6) is 1.71. The third kappa shape index (κ3) is 2.59. The van der Waals surface area contributed by atoms with Crippen molar-refractivity contribution < 1.29 is 14.3 Å². The van der Waals surface area contributed by atoms with Gasteiger partial charge in [-0.2, -0.15) is 0 Å². The van der Waals surface area contributed by atoms with Gasteiger partial charge in [0.1, 0.15) is 18.2 Å². The van der Waals surface area contributed by atoms with Gasteiger partial charge in [-0.05, 0) is 37.1 Å². The standard InChI is InChI=1S/C21H20N2O3/c24-20-16-8-9-18-17(12-23(13-25-18)15-6-1-2-7-15)21(16)26-19(20)11-14-5-3-4-10-22-14/h3-5,8-11,15H,1-2,6-7,12-13H2/b19-11-. The van der Waals surface area contributed by atoms with Gasteiger partial charge in [0.05, 0.1) is 16.8 Å². The molecule has 1 aromatic carbocycles. The average Bonchev–Trinajstić information content (AvgIpc) is 3.32. The second kappa shape index (κ2) is 6.25. The van der Waals surface area contributed by atoms with Crippen molar-refractivity contribution in [2.75, 3.05) is 6.73 Å². The van der Waals surface area contributed by atoms with Crippen LogP contribution in [-0.4, -0.2) is 28.4 Å². The van der Waals surface area contributed by atoms with E-state index >= 15 is 0 Å². The molecule has 5 rings (SSSR count). The van der Waals surface area contributed by atoms with Crippen molar-refractivity contribution >= 4 is 11.9 Å². The van der Waals surface area contributed by atoms with E-state index in [0.29, 0.717) is 35.5 Å². The third-order valence-electron chi connectivity index (χ3n) is 5.45. The summed E-state index contributed by atoms with van der Waals surface area (Å²) in [7, 11) is 0. The molecule has 0 N–H and O–H groups in total. The normalized spacial score (nSPS) is 21.4. The SMILES string of the molecule is O=C1/C(=C/c2ccccn2)Oc2c1ccc1c2CN(C2CCCC2)CO1. The molecule has 3 heterocycles. The number of aromatic nitrogens is 1. The first-order valence-electron chi connectivity index (χ1n) is 9.17. The van der Waals surface area contributed by atoms with Crippen LogP contribution in [0.4, 0.5) is 0 Å².